The second-order valence-corrected chi connectivity index (χ2v) is 8.47. The molecule has 3 heterocycles. The predicted molar refractivity (Wildman–Crippen MR) is 118 cm³/mol. The maximum absolute atomic E-state index is 12.2. The van der Waals surface area contributed by atoms with E-state index >= 15 is 0 Å². The van der Waals surface area contributed by atoms with Gasteiger partial charge in [0.1, 0.15) is 5.69 Å². The van der Waals surface area contributed by atoms with Gasteiger partial charge in [-0.3, -0.25) is 4.79 Å². The van der Waals surface area contributed by atoms with E-state index < -0.39 is 0 Å². The summed E-state index contributed by atoms with van der Waals surface area (Å²) in [5.74, 6) is 0.809. The number of fused-ring (bicyclic) bond motifs is 1. The molecule has 8 heteroatoms. The van der Waals surface area contributed by atoms with Crippen LogP contribution in [0.4, 0.5) is 11.5 Å². The zero-order valence-corrected chi connectivity index (χ0v) is 17.8. The van der Waals surface area contributed by atoms with Crippen molar-refractivity contribution in [3.8, 4) is 0 Å². The highest BCUT2D eigenvalue weighted by Crippen LogP contribution is 2.34. The molecule has 2 aromatic rings. The average Bonchev–Trinajstić information content (AvgIpc) is 3.08. The van der Waals surface area contributed by atoms with Gasteiger partial charge >= 0.3 is 0 Å². The molecule has 0 aromatic carbocycles. The van der Waals surface area contributed by atoms with Crippen molar-refractivity contribution in [2.75, 3.05) is 58.3 Å². The lowest BCUT2D eigenvalue weighted by Crippen LogP contribution is -2.55. The molecule has 158 valence electrons. The van der Waals surface area contributed by atoms with Gasteiger partial charge in [0.05, 0.1) is 63.8 Å². The van der Waals surface area contributed by atoms with Gasteiger partial charge in [0.2, 0.25) is 0 Å². The fourth-order valence-electron chi connectivity index (χ4n) is 3.73. The molecule has 2 aliphatic rings. The van der Waals surface area contributed by atoms with E-state index in [1.807, 2.05) is 28.9 Å². The maximum Gasteiger partial charge on any atom is 0.183 e. The number of nitrogens with zero attached hydrogens (tertiary/aromatic N) is 5. The van der Waals surface area contributed by atoms with Gasteiger partial charge in [-0.15, -0.1) is 5.10 Å². The highest BCUT2D eigenvalue weighted by Gasteiger charge is 2.28. The summed E-state index contributed by atoms with van der Waals surface area (Å²) in [5, 5.41) is 17.2. The minimum atomic E-state index is -0.0505. The lowest BCUT2D eigenvalue weighted by atomic mass is 10.0. The van der Waals surface area contributed by atoms with E-state index in [1.165, 1.54) is 0 Å². The van der Waals surface area contributed by atoms with Gasteiger partial charge in [-0.2, -0.15) is 0 Å². The van der Waals surface area contributed by atoms with Crippen molar-refractivity contribution in [3.63, 3.8) is 0 Å². The van der Waals surface area contributed by atoms with Crippen LogP contribution in [0.15, 0.2) is 52.8 Å². The van der Waals surface area contributed by atoms with Crippen molar-refractivity contribution >= 4 is 28.5 Å². The number of aliphatic imine (C=N–C) groups is 1. The van der Waals surface area contributed by atoms with Crippen LogP contribution in [0.1, 0.15) is 6.92 Å². The number of rotatable bonds is 5. The molecule has 0 radical (unpaired) electrons. The summed E-state index contributed by atoms with van der Waals surface area (Å²) in [6.45, 7) is 6.03. The molecule has 4 rings (SSSR count). The third-order valence-corrected chi connectivity index (χ3v) is 5.70. The number of allylic oxidation sites excluding steroid dienone is 3. The minimum Gasteiger partial charge on any atom is -0.395 e. The summed E-state index contributed by atoms with van der Waals surface area (Å²) in [5.41, 5.74) is 3.65. The number of carbonyl (C=O) groups excluding carboxylic acids is 1. The van der Waals surface area contributed by atoms with Crippen LogP contribution in [0.25, 0.3) is 5.52 Å². The van der Waals surface area contributed by atoms with Gasteiger partial charge in [0.15, 0.2) is 11.6 Å². The molecule has 1 aliphatic carbocycles. The van der Waals surface area contributed by atoms with E-state index in [0.29, 0.717) is 23.5 Å². The van der Waals surface area contributed by atoms with Gasteiger partial charge in [-0.05, 0) is 30.7 Å². The number of nitrogens with one attached hydrogen (secondary N) is 1. The van der Waals surface area contributed by atoms with Crippen LogP contribution >= 0.6 is 0 Å². The van der Waals surface area contributed by atoms with Gasteiger partial charge in [-0.1, -0.05) is 6.07 Å². The Morgan fingerprint density at radius 1 is 1.23 bits per heavy atom. The number of likely N-dealkylation sites (N-methyl/N-ethyl adjacent to an activating group) is 1. The number of ketones is 1. The first kappa shape index (κ1) is 20.3. The maximum atomic E-state index is 12.2. The summed E-state index contributed by atoms with van der Waals surface area (Å²) in [6, 6.07) is 5.94. The van der Waals surface area contributed by atoms with E-state index in [2.05, 4.69) is 24.3 Å². The summed E-state index contributed by atoms with van der Waals surface area (Å²) >= 11 is 0. The van der Waals surface area contributed by atoms with Crippen molar-refractivity contribution in [2.24, 2.45) is 4.99 Å². The van der Waals surface area contributed by atoms with Crippen molar-refractivity contribution in [1.82, 2.24) is 14.9 Å². The Morgan fingerprint density at radius 2 is 2.00 bits per heavy atom. The molecule has 2 N–H and O–H groups in total. The number of carbonyl (C=O) groups is 1. The van der Waals surface area contributed by atoms with Gasteiger partial charge in [-0.25, -0.2) is 9.51 Å². The van der Waals surface area contributed by atoms with Crippen LogP contribution in [0.3, 0.4) is 0 Å². The topological polar surface area (TPSA) is 82.2 Å². The van der Waals surface area contributed by atoms with Gasteiger partial charge < -0.3 is 19.8 Å². The molecule has 0 amide bonds. The number of hydrogen-bond acceptors (Lipinski definition) is 6. The standard InChI is InChI=1S/C22H28N6O2/c1-16-14-18(17(15-20(16)30)23-7-13-29)24-21-19-6-4-5-8-27(19)25-22(21)26-9-11-28(2,3)12-10-26/h4-6,8,14-15,29H,7,9-13H2,1-3H3/p+1. The smallest absolute Gasteiger partial charge is 0.183 e. The Balaban J connectivity index is 1.79. The van der Waals surface area contributed by atoms with Crippen LogP contribution in [0.5, 0.6) is 0 Å². The zero-order chi connectivity index (χ0) is 21.3. The van der Waals surface area contributed by atoms with Crippen LogP contribution in [0, 0.1) is 0 Å². The Morgan fingerprint density at radius 3 is 2.73 bits per heavy atom. The van der Waals surface area contributed by atoms with Crippen molar-refractivity contribution < 1.29 is 14.4 Å². The molecular weight excluding hydrogens is 380 g/mol. The Kier molecular flexibility index (Phi) is 5.44. The molecule has 8 nitrogen and oxygen atoms in total. The van der Waals surface area contributed by atoms with E-state index in [1.54, 1.807) is 19.1 Å². The van der Waals surface area contributed by atoms with Crippen LogP contribution in [-0.2, 0) is 4.79 Å². The van der Waals surface area contributed by atoms with Crippen LogP contribution in [0.2, 0.25) is 0 Å². The lowest BCUT2D eigenvalue weighted by molar-refractivity contribution is -0.890. The molecule has 0 atom stereocenters. The van der Waals surface area contributed by atoms with E-state index in [0.717, 1.165) is 47.7 Å². The first-order chi connectivity index (χ1) is 14.4. The third kappa shape index (κ3) is 4.01. The largest absolute Gasteiger partial charge is 0.395 e. The number of aromatic nitrogens is 2. The quantitative estimate of drug-likeness (QED) is 0.575. The molecule has 1 saturated heterocycles. The average molecular weight is 410 g/mol. The summed E-state index contributed by atoms with van der Waals surface area (Å²) in [7, 11) is 4.50. The number of anilines is 1. The number of quaternary nitrogens is 1. The highest BCUT2D eigenvalue weighted by molar-refractivity contribution is 6.22. The molecule has 0 saturated carbocycles. The highest BCUT2D eigenvalue weighted by atomic mass is 16.3. The second kappa shape index (κ2) is 8.04. The molecule has 1 fully saturated rings. The zero-order valence-electron chi connectivity index (χ0n) is 17.8. The van der Waals surface area contributed by atoms with Crippen molar-refractivity contribution in [3.05, 3.63) is 47.8 Å². The molecule has 2 aromatic heterocycles. The van der Waals surface area contributed by atoms with Gasteiger partial charge in [0, 0.05) is 18.8 Å². The van der Waals surface area contributed by atoms with Crippen LogP contribution in [-0.4, -0.2) is 84.1 Å². The molecular formula is C22H29N6O2+. The van der Waals surface area contributed by atoms with Crippen molar-refractivity contribution in [1.29, 1.82) is 0 Å². The summed E-state index contributed by atoms with van der Waals surface area (Å²) in [4.78, 5) is 19.5. The molecule has 0 spiro atoms. The first-order valence-corrected chi connectivity index (χ1v) is 10.3. The third-order valence-electron chi connectivity index (χ3n) is 5.70. The van der Waals surface area contributed by atoms with E-state index in [-0.39, 0.29) is 12.4 Å². The Bertz CT molecular complexity index is 1050. The fourth-order valence-corrected chi connectivity index (χ4v) is 3.73. The normalized spacial score (nSPS) is 20.5. The van der Waals surface area contributed by atoms with Gasteiger partial charge in [0.25, 0.3) is 0 Å². The molecule has 30 heavy (non-hydrogen) atoms. The number of aliphatic hydroxyl groups is 1. The molecule has 0 unspecified atom stereocenters. The number of hydrogen-bond donors (Lipinski definition) is 2. The van der Waals surface area contributed by atoms with Crippen molar-refractivity contribution in [2.45, 2.75) is 6.92 Å². The van der Waals surface area contributed by atoms with Crippen LogP contribution < -0.4 is 10.2 Å². The predicted octanol–water partition coefficient (Wildman–Crippen LogP) is 1.30. The Hall–Kier alpha value is -2.97. The van der Waals surface area contributed by atoms with E-state index in [4.69, 9.17) is 10.1 Å². The lowest BCUT2D eigenvalue weighted by Gasteiger charge is -2.39. The molecule has 0 bridgehead atoms. The first-order valence-electron chi connectivity index (χ1n) is 10.3. The number of aliphatic hydroxyl groups excluding tert-OH is 1. The van der Waals surface area contributed by atoms with E-state index in [9.17, 15) is 9.90 Å². The number of piperazine rings is 1. The monoisotopic (exact) mass is 409 g/mol. The minimum absolute atomic E-state index is 0.0225. The SMILES string of the molecule is CC1=CC(=Nc2c(N3CC[N+](C)(C)CC3)nn3ccccc23)C(NCCO)=CC1=O. The summed E-state index contributed by atoms with van der Waals surface area (Å²) in [6.07, 6.45) is 5.28. The second-order valence-electron chi connectivity index (χ2n) is 8.47. The summed E-state index contributed by atoms with van der Waals surface area (Å²) < 4.78 is 2.86. The number of pyridine rings is 1. The fraction of sp³-hybridized carbons (Fsp3) is 0.409. The molecule has 1 aliphatic heterocycles. The Labute approximate surface area is 176 Å².